The number of hydrogen-bond acceptors (Lipinski definition) is 4. The highest BCUT2D eigenvalue weighted by Gasteiger charge is 2.09. The van der Waals surface area contributed by atoms with Gasteiger partial charge in [-0.2, -0.15) is 0 Å². The van der Waals surface area contributed by atoms with Crippen molar-refractivity contribution in [3.05, 3.63) is 52.5 Å². The molecule has 0 aliphatic rings. The lowest BCUT2D eigenvalue weighted by atomic mass is 10.1. The summed E-state index contributed by atoms with van der Waals surface area (Å²) in [4.78, 5) is 0. The van der Waals surface area contributed by atoms with Gasteiger partial charge in [-0.25, -0.2) is 0 Å². The minimum Gasteiger partial charge on any atom is -0.497 e. The fourth-order valence-corrected chi connectivity index (χ4v) is 2.50. The van der Waals surface area contributed by atoms with Crippen LogP contribution in [0.5, 0.6) is 17.2 Å². The molecule has 0 unspecified atom stereocenters. The summed E-state index contributed by atoms with van der Waals surface area (Å²) in [5.41, 5.74) is 2.25. The maximum atomic E-state index is 6.28. The van der Waals surface area contributed by atoms with Crippen molar-refractivity contribution in [2.45, 2.75) is 13.0 Å². The van der Waals surface area contributed by atoms with Gasteiger partial charge in [-0.1, -0.05) is 23.7 Å². The summed E-state index contributed by atoms with van der Waals surface area (Å²) in [5.74, 6) is 2.20. The topological polar surface area (TPSA) is 39.7 Å². The van der Waals surface area contributed by atoms with E-state index in [2.05, 4.69) is 17.4 Å². The van der Waals surface area contributed by atoms with Crippen LogP contribution in [0.25, 0.3) is 0 Å². The fourth-order valence-electron chi connectivity index (χ4n) is 2.28. The predicted octanol–water partition coefficient (Wildman–Crippen LogP) is 3.70. The number of rotatable bonds is 8. The Hall–Kier alpha value is -1.91. The largest absolute Gasteiger partial charge is 0.497 e. The third kappa shape index (κ3) is 4.78. The number of ether oxygens (including phenoxy) is 3. The molecule has 0 amide bonds. The summed E-state index contributed by atoms with van der Waals surface area (Å²) in [5, 5.41) is 4.06. The van der Waals surface area contributed by atoms with Crippen LogP contribution in [0.15, 0.2) is 36.4 Å². The van der Waals surface area contributed by atoms with E-state index in [1.165, 1.54) is 5.56 Å². The van der Waals surface area contributed by atoms with E-state index in [0.717, 1.165) is 24.3 Å². The van der Waals surface area contributed by atoms with Crippen molar-refractivity contribution in [2.75, 3.05) is 27.9 Å². The van der Waals surface area contributed by atoms with Crippen molar-refractivity contribution < 1.29 is 14.2 Å². The summed E-state index contributed by atoms with van der Waals surface area (Å²) >= 11 is 6.28. The SMILES string of the molecule is COc1ccc(CCNCc2cc(OC)c(OC)cc2Cl)cc1. The molecule has 4 nitrogen and oxygen atoms in total. The van der Waals surface area contributed by atoms with Gasteiger partial charge in [0.1, 0.15) is 5.75 Å². The van der Waals surface area contributed by atoms with E-state index in [9.17, 15) is 0 Å². The average molecular weight is 336 g/mol. The van der Waals surface area contributed by atoms with Gasteiger partial charge in [0.2, 0.25) is 0 Å². The zero-order chi connectivity index (χ0) is 16.7. The molecule has 1 N–H and O–H groups in total. The first kappa shape index (κ1) is 17.4. The quantitative estimate of drug-likeness (QED) is 0.747. The van der Waals surface area contributed by atoms with Crippen molar-refractivity contribution in [3.63, 3.8) is 0 Å². The van der Waals surface area contributed by atoms with E-state index in [1.807, 2.05) is 18.2 Å². The van der Waals surface area contributed by atoms with Gasteiger partial charge in [0.15, 0.2) is 11.5 Å². The Bertz CT molecular complexity index is 629. The van der Waals surface area contributed by atoms with Gasteiger partial charge < -0.3 is 19.5 Å². The monoisotopic (exact) mass is 335 g/mol. The van der Waals surface area contributed by atoms with E-state index in [4.69, 9.17) is 25.8 Å². The Kier molecular flexibility index (Phi) is 6.56. The van der Waals surface area contributed by atoms with Gasteiger partial charge in [0, 0.05) is 17.6 Å². The smallest absolute Gasteiger partial charge is 0.162 e. The molecule has 2 rings (SSSR count). The van der Waals surface area contributed by atoms with E-state index in [1.54, 1.807) is 27.4 Å². The second-order valence-electron chi connectivity index (χ2n) is 5.07. The van der Waals surface area contributed by atoms with Crippen LogP contribution in [-0.2, 0) is 13.0 Å². The van der Waals surface area contributed by atoms with Crippen LogP contribution in [0.4, 0.5) is 0 Å². The minimum absolute atomic E-state index is 0.638. The molecule has 0 spiro atoms. The number of benzene rings is 2. The second-order valence-corrected chi connectivity index (χ2v) is 5.48. The van der Waals surface area contributed by atoms with E-state index < -0.39 is 0 Å². The van der Waals surface area contributed by atoms with E-state index in [0.29, 0.717) is 23.1 Å². The molecule has 124 valence electrons. The lowest BCUT2D eigenvalue weighted by Crippen LogP contribution is -2.17. The van der Waals surface area contributed by atoms with Gasteiger partial charge in [-0.05, 0) is 42.3 Å². The second kappa shape index (κ2) is 8.65. The van der Waals surface area contributed by atoms with Crippen LogP contribution in [0.2, 0.25) is 5.02 Å². The summed E-state index contributed by atoms with van der Waals surface area (Å²) < 4.78 is 15.7. The highest BCUT2D eigenvalue weighted by Crippen LogP contribution is 2.32. The zero-order valence-corrected chi connectivity index (χ0v) is 14.4. The van der Waals surface area contributed by atoms with Gasteiger partial charge in [-0.15, -0.1) is 0 Å². The van der Waals surface area contributed by atoms with Crippen LogP contribution >= 0.6 is 11.6 Å². The van der Waals surface area contributed by atoms with E-state index in [-0.39, 0.29) is 0 Å². The molecular weight excluding hydrogens is 314 g/mol. The fraction of sp³-hybridized carbons (Fsp3) is 0.333. The molecule has 0 aliphatic carbocycles. The van der Waals surface area contributed by atoms with Crippen molar-refractivity contribution in [3.8, 4) is 17.2 Å². The first-order valence-corrected chi connectivity index (χ1v) is 7.79. The minimum atomic E-state index is 0.638. The molecule has 5 heteroatoms. The molecule has 0 radical (unpaired) electrons. The molecule has 0 aliphatic heterocycles. The van der Waals surface area contributed by atoms with Crippen LogP contribution < -0.4 is 19.5 Å². The lowest BCUT2D eigenvalue weighted by Gasteiger charge is -2.12. The maximum Gasteiger partial charge on any atom is 0.162 e. The molecule has 0 bridgehead atoms. The normalized spacial score (nSPS) is 10.4. The number of nitrogens with one attached hydrogen (secondary N) is 1. The van der Waals surface area contributed by atoms with Crippen molar-refractivity contribution in [1.82, 2.24) is 5.32 Å². The Morgan fingerprint density at radius 1 is 0.913 bits per heavy atom. The number of halogens is 1. The Morgan fingerprint density at radius 3 is 2.17 bits per heavy atom. The van der Waals surface area contributed by atoms with Crippen LogP contribution in [0, 0.1) is 0 Å². The van der Waals surface area contributed by atoms with Gasteiger partial charge in [-0.3, -0.25) is 0 Å². The Labute approximate surface area is 142 Å². The standard InChI is InChI=1S/C18H22ClNO3/c1-21-15-6-4-13(5-7-15)8-9-20-12-14-10-17(22-2)18(23-3)11-16(14)19/h4-7,10-11,20H,8-9,12H2,1-3H3. The van der Waals surface area contributed by atoms with Gasteiger partial charge >= 0.3 is 0 Å². The third-order valence-corrected chi connectivity index (χ3v) is 3.97. The van der Waals surface area contributed by atoms with Crippen LogP contribution in [0.1, 0.15) is 11.1 Å². The van der Waals surface area contributed by atoms with Crippen LogP contribution in [0.3, 0.4) is 0 Å². The Balaban J connectivity index is 1.88. The van der Waals surface area contributed by atoms with Crippen molar-refractivity contribution >= 4 is 11.6 Å². The van der Waals surface area contributed by atoms with E-state index >= 15 is 0 Å². The summed E-state index contributed by atoms with van der Waals surface area (Å²) in [6, 6.07) is 11.8. The number of hydrogen-bond donors (Lipinski definition) is 1. The molecule has 0 saturated carbocycles. The summed E-state index contributed by atoms with van der Waals surface area (Å²) in [6.07, 6.45) is 0.939. The van der Waals surface area contributed by atoms with Crippen molar-refractivity contribution in [2.24, 2.45) is 0 Å². The van der Waals surface area contributed by atoms with Crippen molar-refractivity contribution in [1.29, 1.82) is 0 Å². The molecule has 2 aromatic carbocycles. The van der Waals surface area contributed by atoms with Gasteiger partial charge in [0.25, 0.3) is 0 Å². The lowest BCUT2D eigenvalue weighted by molar-refractivity contribution is 0.354. The van der Waals surface area contributed by atoms with Crippen LogP contribution in [-0.4, -0.2) is 27.9 Å². The molecule has 23 heavy (non-hydrogen) atoms. The average Bonchev–Trinajstić information content (AvgIpc) is 2.59. The molecule has 2 aromatic rings. The maximum absolute atomic E-state index is 6.28. The molecular formula is C18H22ClNO3. The highest BCUT2D eigenvalue weighted by atomic mass is 35.5. The first-order chi connectivity index (χ1) is 11.2. The molecule has 0 saturated heterocycles. The Morgan fingerprint density at radius 2 is 1.57 bits per heavy atom. The zero-order valence-electron chi connectivity index (χ0n) is 13.7. The third-order valence-electron chi connectivity index (χ3n) is 3.62. The molecule has 0 fully saturated rings. The summed E-state index contributed by atoms with van der Waals surface area (Å²) in [6.45, 7) is 1.53. The van der Waals surface area contributed by atoms with Gasteiger partial charge in [0.05, 0.1) is 21.3 Å². The highest BCUT2D eigenvalue weighted by molar-refractivity contribution is 6.31. The number of methoxy groups -OCH3 is 3. The molecule has 0 atom stereocenters. The molecule has 0 aromatic heterocycles. The first-order valence-electron chi connectivity index (χ1n) is 7.42. The molecule has 0 heterocycles. The summed E-state index contributed by atoms with van der Waals surface area (Å²) in [7, 11) is 4.89. The predicted molar refractivity (Wildman–Crippen MR) is 93.0 cm³/mol.